The molecule has 0 aliphatic rings. The van der Waals surface area contributed by atoms with Gasteiger partial charge in [0, 0.05) is 13.1 Å². The first-order valence-corrected chi connectivity index (χ1v) is 5.52. The average Bonchev–Trinajstić information content (AvgIpc) is 2.55. The largest absolute Gasteiger partial charge is 0.320 e. The minimum atomic E-state index is -0.472. The molecule has 5 nitrogen and oxygen atoms in total. The van der Waals surface area contributed by atoms with E-state index in [1.807, 2.05) is 26.8 Å². The molecule has 1 heterocycles. The zero-order valence-electron chi connectivity index (χ0n) is 10.3. The molecule has 0 saturated heterocycles. The third-order valence-corrected chi connectivity index (χ3v) is 2.81. The molecule has 1 aromatic heterocycles. The predicted molar refractivity (Wildman–Crippen MR) is 64.0 cm³/mol. The number of hydrogen-bond donors (Lipinski definition) is 2. The smallest absolute Gasteiger partial charge is 0.242 e. The van der Waals surface area contributed by atoms with Gasteiger partial charge in [-0.25, -0.2) is 0 Å². The summed E-state index contributed by atoms with van der Waals surface area (Å²) in [5.74, 6) is 0.702. The Balaban J connectivity index is 2.67. The lowest BCUT2D eigenvalue weighted by Crippen LogP contribution is -2.40. The van der Waals surface area contributed by atoms with Crippen molar-refractivity contribution in [3.63, 3.8) is 0 Å². The number of amides is 1. The highest BCUT2D eigenvalue weighted by atomic mass is 16.2. The number of rotatable bonds is 4. The van der Waals surface area contributed by atoms with E-state index in [4.69, 9.17) is 5.73 Å². The maximum atomic E-state index is 11.8. The summed E-state index contributed by atoms with van der Waals surface area (Å²) >= 11 is 0. The minimum Gasteiger partial charge on any atom is -0.320 e. The summed E-state index contributed by atoms with van der Waals surface area (Å²) in [6.45, 7) is 5.87. The number of carbonyl (C=O) groups is 1. The number of hydrogen-bond acceptors (Lipinski definition) is 3. The first-order chi connectivity index (χ1) is 7.45. The van der Waals surface area contributed by atoms with E-state index in [0.29, 0.717) is 5.82 Å². The van der Waals surface area contributed by atoms with Crippen molar-refractivity contribution in [2.24, 2.45) is 18.7 Å². The summed E-state index contributed by atoms with van der Waals surface area (Å²) in [6, 6.07) is 1.35. The van der Waals surface area contributed by atoms with E-state index in [9.17, 15) is 4.79 Å². The van der Waals surface area contributed by atoms with Gasteiger partial charge in [0.1, 0.15) is 5.82 Å². The number of carbonyl (C=O) groups excluding carboxylic acids is 1. The number of aromatic nitrogens is 2. The van der Waals surface area contributed by atoms with Crippen LogP contribution in [0.1, 0.15) is 26.0 Å². The lowest BCUT2D eigenvalue weighted by molar-refractivity contribution is -0.118. The zero-order chi connectivity index (χ0) is 12.3. The van der Waals surface area contributed by atoms with Gasteiger partial charge >= 0.3 is 0 Å². The molecular weight excluding hydrogens is 204 g/mol. The van der Waals surface area contributed by atoms with E-state index in [1.165, 1.54) is 0 Å². The van der Waals surface area contributed by atoms with Gasteiger partial charge in [-0.15, -0.1) is 0 Å². The average molecular weight is 224 g/mol. The van der Waals surface area contributed by atoms with E-state index in [0.717, 1.165) is 12.1 Å². The van der Waals surface area contributed by atoms with E-state index in [1.54, 1.807) is 11.7 Å². The van der Waals surface area contributed by atoms with Crippen LogP contribution in [0.2, 0.25) is 0 Å². The molecule has 0 aliphatic heterocycles. The summed E-state index contributed by atoms with van der Waals surface area (Å²) in [5, 5.41) is 6.93. The third kappa shape index (κ3) is 2.82. The van der Waals surface area contributed by atoms with Gasteiger partial charge in [-0.05, 0) is 12.8 Å². The van der Waals surface area contributed by atoms with Crippen molar-refractivity contribution in [1.82, 2.24) is 9.78 Å². The Labute approximate surface area is 96.0 Å². The zero-order valence-corrected chi connectivity index (χ0v) is 10.3. The van der Waals surface area contributed by atoms with Gasteiger partial charge in [0.25, 0.3) is 0 Å². The number of nitrogens with one attached hydrogen (secondary N) is 1. The van der Waals surface area contributed by atoms with E-state index < -0.39 is 6.04 Å². The van der Waals surface area contributed by atoms with Gasteiger partial charge in [0.2, 0.25) is 5.91 Å². The molecule has 0 aromatic carbocycles. The summed E-state index contributed by atoms with van der Waals surface area (Å²) in [7, 11) is 1.79. The van der Waals surface area contributed by atoms with Crippen LogP contribution in [0.15, 0.2) is 6.07 Å². The standard InChI is InChI=1S/C11H20N4O/c1-5-7(2)10(12)11(16)13-9-6-8(3)14-15(9)4/h6-7,10H,5,12H2,1-4H3,(H,13,16). The van der Waals surface area contributed by atoms with Gasteiger partial charge in [-0.2, -0.15) is 5.10 Å². The van der Waals surface area contributed by atoms with Gasteiger partial charge < -0.3 is 11.1 Å². The molecule has 16 heavy (non-hydrogen) atoms. The van der Waals surface area contributed by atoms with Gasteiger partial charge in [0.05, 0.1) is 11.7 Å². The fourth-order valence-electron chi connectivity index (χ4n) is 1.45. The van der Waals surface area contributed by atoms with Crippen molar-refractivity contribution < 1.29 is 4.79 Å². The molecule has 90 valence electrons. The van der Waals surface area contributed by atoms with Crippen LogP contribution in [0.25, 0.3) is 0 Å². The monoisotopic (exact) mass is 224 g/mol. The predicted octanol–water partition coefficient (Wildman–Crippen LogP) is 1.04. The molecule has 0 fully saturated rings. The van der Waals surface area contributed by atoms with Gasteiger partial charge in [0.15, 0.2) is 0 Å². The lowest BCUT2D eigenvalue weighted by atomic mass is 9.99. The fraction of sp³-hybridized carbons (Fsp3) is 0.636. The second kappa shape index (κ2) is 5.12. The summed E-state index contributed by atoms with van der Waals surface area (Å²) in [5.41, 5.74) is 6.70. The van der Waals surface area contributed by atoms with Crippen LogP contribution < -0.4 is 11.1 Å². The van der Waals surface area contributed by atoms with Crippen LogP contribution in [-0.2, 0) is 11.8 Å². The Hall–Kier alpha value is -1.36. The maximum Gasteiger partial charge on any atom is 0.242 e. The molecular formula is C11H20N4O. The van der Waals surface area contributed by atoms with Crippen LogP contribution in [-0.4, -0.2) is 21.7 Å². The van der Waals surface area contributed by atoms with Crippen LogP contribution >= 0.6 is 0 Å². The highest BCUT2D eigenvalue weighted by Gasteiger charge is 2.20. The van der Waals surface area contributed by atoms with Crippen LogP contribution in [0.3, 0.4) is 0 Å². The lowest BCUT2D eigenvalue weighted by Gasteiger charge is -2.17. The molecule has 2 unspecified atom stereocenters. The number of anilines is 1. The molecule has 0 spiro atoms. The van der Waals surface area contributed by atoms with Crippen molar-refractivity contribution >= 4 is 11.7 Å². The van der Waals surface area contributed by atoms with Crippen molar-refractivity contribution in [3.05, 3.63) is 11.8 Å². The Bertz CT molecular complexity index is 372. The molecule has 3 N–H and O–H groups in total. The third-order valence-electron chi connectivity index (χ3n) is 2.81. The first kappa shape index (κ1) is 12.7. The molecule has 1 rings (SSSR count). The number of nitrogens with zero attached hydrogens (tertiary/aromatic N) is 2. The number of nitrogens with two attached hydrogens (primary N) is 1. The van der Waals surface area contributed by atoms with Gasteiger partial charge in [-0.3, -0.25) is 9.48 Å². The van der Waals surface area contributed by atoms with Crippen LogP contribution in [0.5, 0.6) is 0 Å². The van der Waals surface area contributed by atoms with Crippen molar-refractivity contribution in [1.29, 1.82) is 0 Å². The van der Waals surface area contributed by atoms with Crippen molar-refractivity contribution in [2.75, 3.05) is 5.32 Å². The van der Waals surface area contributed by atoms with Gasteiger partial charge in [-0.1, -0.05) is 20.3 Å². The Morgan fingerprint density at radius 1 is 1.69 bits per heavy atom. The van der Waals surface area contributed by atoms with Crippen LogP contribution in [0, 0.1) is 12.8 Å². The van der Waals surface area contributed by atoms with Crippen LogP contribution in [0.4, 0.5) is 5.82 Å². The highest BCUT2D eigenvalue weighted by molar-refractivity contribution is 5.94. The second-order valence-electron chi connectivity index (χ2n) is 4.20. The molecule has 1 aromatic rings. The van der Waals surface area contributed by atoms with Crippen molar-refractivity contribution in [3.8, 4) is 0 Å². The molecule has 5 heteroatoms. The SMILES string of the molecule is CCC(C)C(N)C(=O)Nc1cc(C)nn1C. The minimum absolute atomic E-state index is 0.155. The molecule has 1 amide bonds. The Morgan fingerprint density at radius 3 is 2.75 bits per heavy atom. The Kier molecular flexibility index (Phi) is 4.06. The highest BCUT2D eigenvalue weighted by Crippen LogP contribution is 2.11. The quantitative estimate of drug-likeness (QED) is 0.802. The summed E-state index contributed by atoms with van der Waals surface area (Å²) in [6.07, 6.45) is 0.888. The van der Waals surface area contributed by atoms with E-state index in [-0.39, 0.29) is 11.8 Å². The fourth-order valence-corrected chi connectivity index (χ4v) is 1.45. The second-order valence-corrected chi connectivity index (χ2v) is 4.20. The molecule has 2 atom stereocenters. The van der Waals surface area contributed by atoms with E-state index in [2.05, 4.69) is 10.4 Å². The Morgan fingerprint density at radius 2 is 2.31 bits per heavy atom. The molecule has 0 aliphatic carbocycles. The summed E-state index contributed by atoms with van der Waals surface area (Å²) < 4.78 is 1.64. The number of aryl methyl sites for hydroxylation is 2. The summed E-state index contributed by atoms with van der Waals surface area (Å²) in [4.78, 5) is 11.8. The maximum absolute atomic E-state index is 11.8. The molecule has 0 radical (unpaired) electrons. The molecule has 0 bridgehead atoms. The first-order valence-electron chi connectivity index (χ1n) is 5.52. The molecule has 0 saturated carbocycles. The topological polar surface area (TPSA) is 72.9 Å². The van der Waals surface area contributed by atoms with E-state index >= 15 is 0 Å². The normalized spacial score (nSPS) is 14.6. The van der Waals surface area contributed by atoms with Crippen molar-refractivity contribution in [2.45, 2.75) is 33.2 Å².